The molecule has 0 aliphatic carbocycles. The molecule has 5 heteroatoms. The number of hydrogen-bond acceptors (Lipinski definition) is 4. The normalized spacial score (nSPS) is 16.5. The lowest BCUT2D eigenvalue weighted by Gasteiger charge is -2.32. The van der Waals surface area contributed by atoms with Crippen LogP contribution in [0.25, 0.3) is 11.3 Å². The molecule has 0 bridgehead atoms. The summed E-state index contributed by atoms with van der Waals surface area (Å²) >= 11 is 0. The third-order valence-electron chi connectivity index (χ3n) is 5.68. The number of nitrogens with one attached hydrogen (secondary N) is 1. The van der Waals surface area contributed by atoms with Gasteiger partial charge in [-0.05, 0) is 48.6 Å². The summed E-state index contributed by atoms with van der Waals surface area (Å²) in [6.07, 6.45) is 1.86. The lowest BCUT2D eigenvalue weighted by molar-refractivity contribution is -0.120. The third kappa shape index (κ3) is 4.67. The standard InChI is InChI=1S/C25H28N4O/c1-18(2)19-10-12-22(13-11-19)26-25(30)21-9-6-16-29(17-21)24-15-14-23(27-28-24)20-7-4-3-5-8-20/h3-5,7-8,10-15,18,21H,6,9,16-17H2,1-2H3,(H,26,30)/t21-/m0/s1. The molecule has 1 aliphatic heterocycles. The van der Waals surface area contributed by atoms with Crippen molar-refractivity contribution in [3.63, 3.8) is 0 Å². The summed E-state index contributed by atoms with van der Waals surface area (Å²) < 4.78 is 0. The maximum absolute atomic E-state index is 12.8. The molecule has 1 fully saturated rings. The quantitative estimate of drug-likeness (QED) is 0.646. The highest BCUT2D eigenvalue weighted by Gasteiger charge is 2.27. The Labute approximate surface area is 178 Å². The zero-order chi connectivity index (χ0) is 20.9. The first-order valence-electron chi connectivity index (χ1n) is 10.6. The molecule has 1 aromatic heterocycles. The van der Waals surface area contributed by atoms with E-state index in [1.54, 1.807) is 0 Å². The number of carbonyl (C=O) groups is 1. The van der Waals surface area contributed by atoms with E-state index in [-0.39, 0.29) is 11.8 Å². The van der Waals surface area contributed by atoms with Crippen LogP contribution in [0, 0.1) is 5.92 Å². The molecule has 1 aliphatic rings. The van der Waals surface area contributed by atoms with Gasteiger partial charge in [-0.2, -0.15) is 0 Å². The zero-order valence-electron chi connectivity index (χ0n) is 17.6. The fraction of sp³-hybridized carbons (Fsp3) is 0.320. The molecule has 0 saturated carbocycles. The monoisotopic (exact) mass is 400 g/mol. The lowest BCUT2D eigenvalue weighted by Crippen LogP contribution is -2.41. The zero-order valence-corrected chi connectivity index (χ0v) is 17.6. The lowest BCUT2D eigenvalue weighted by atomic mass is 9.96. The predicted octanol–water partition coefficient (Wildman–Crippen LogP) is 5.12. The second kappa shape index (κ2) is 9.08. The molecule has 4 rings (SSSR count). The molecule has 3 aromatic rings. The summed E-state index contributed by atoms with van der Waals surface area (Å²) in [6.45, 7) is 5.89. The topological polar surface area (TPSA) is 58.1 Å². The van der Waals surface area contributed by atoms with Gasteiger partial charge in [-0.25, -0.2) is 0 Å². The Morgan fingerprint density at radius 1 is 1.00 bits per heavy atom. The number of carbonyl (C=O) groups excluding carboxylic acids is 1. The van der Waals surface area contributed by atoms with E-state index >= 15 is 0 Å². The maximum Gasteiger partial charge on any atom is 0.229 e. The van der Waals surface area contributed by atoms with Crippen LogP contribution >= 0.6 is 0 Å². The van der Waals surface area contributed by atoms with Crippen LogP contribution in [0.3, 0.4) is 0 Å². The van der Waals surface area contributed by atoms with Crippen LogP contribution in [0.15, 0.2) is 66.7 Å². The molecule has 2 aromatic carbocycles. The average molecular weight is 401 g/mol. The van der Waals surface area contributed by atoms with Gasteiger partial charge >= 0.3 is 0 Å². The van der Waals surface area contributed by atoms with Crippen molar-refractivity contribution in [1.29, 1.82) is 0 Å². The van der Waals surface area contributed by atoms with Crippen molar-refractivity contribution >= 4 is 17.4 Å². The van der Waals surface area contributed by atoms with Crippen LogP contribution in [-0.2, 0) is 4.79 Å². The van der Waals surface area contributed by atoms with Crippen molar-refractivity contribution in [2.45, 2.75) is 32.6 Å². The molecule has 0 unspecified atom stereocenters. The fourth-order valence-corrected chi connectivity index (χ4v) is 3.85. The van der Waals surface area contributed by atoms with Gasteiger partial charge in [-0.3, -0.25) is 4.79 Å². The fourth-order valence-electron chi connectivity index (χ4n) is 3.85. The smallest absolute Gasteiger partial charge is 0.229 e. The van der Waals surface area contributed by atoms with Crippen LogP contribution in [0.5, 0.6) is 0 Å². The molecule has 1 amide bonds. The highest BCUT2D eigenvalue weighted by atomic mass is 16.1. The first-order valence-corrected chi connectivity index (χ1v) is 10.6. The minimum Gasteiger partial charge on any atom is -0.354 e. The van der Waals surface area contributed by atoms with E-state index in [0.717, 1.165) is 42.1 Å². The molecule has 1 atom stereocenters. The number of nitrogens with zero attached hydrogens (tertiary/aromatic N) is 3. The number of amides is 1. The summed E-state index contributed by atoms with van der Waals surface area (Å²) in [5, 5.41) is 11.9. The SMILES string of the molecule is CC(C)c1ccc(NC(=O)[C@H]2CCCN(c3ccc(-c4ccccc4)nn3)C2)cc1. The first-order chi connectivity index (χ1) is 14.6. The number of piperidine rings is 1. The van der Waals surface area contributed by atoms with E-state index in [1.165, 1.54) is 5.56 Å². The van der Waals surface area contributed by atoms with Crippen molar-refractivity contribution in [2.24, 2.45) is 5.92 Å². The Balaban J connectivity index is 1.39. The van der Waals surface area contributed by atoms with Crippen molar-refractivity contribution in [3.8, 4) is 11.3 Å². The van der Waals surface area contributed by atoms with Crippen LogP contribution in [0.2, 0.25) is 0 Å². The Hall–Kier alpha value is -3.21. The van der Waals surface area contributed by atoms with Gasteiger partial charge in [0, 0.05) is 24.3 Å². The average Bonchev–Trinajstić information content (AvgIpc) is 2.80. The highest BCUT2D eigenvalue weighted by Crippen LogP contribution is 2.25. The molecule has 0 radical (unpaired) electrons. The second-order valence-electron chi connectivity index (χ2n) is 8.19. The third-order valence-corrected chi connectivity index (χ3v) is 5.68. The Morgan fingerprint density at radius 3 is 2.43 bits per heavy atom. The van der Waals surface area contributed by atoms with Crippen molar-refractivity contribution in [3.05, 3.63) is 72.3 Å². The van der Waals surface area contributed by atoms with Gasteiger partial charge in [0.25, 0.3) is 0 Å². The number of anilines is 2. The van der Waals surface area contributed by atoms with E-state index in [2.05, 4.69) is 46.4 Å². The number of hydrogen-bond donors (Lipinski definition) is 1. The molecular weight excluding hydrogens is 372 g/mol. The molecule has 2 heterocycles. The number of rotatable bonds is 5. The van der Waals surface area contributed by atoms with Gasteiger partial charge in [0.2, 0.25) is 5.91 Å². The maximum atomic E-state index is 12.8. The van der Waals surface area contributed by atoms with Gasteiger partial charge in [-0.15, -0.1) is 10.2 Å². The van der Waals surface area contributed by atoms with Crippen molar-refractivity contribution in [2.75, 3.05) is 23.3 Å². The first kappa shape index (κ1) is 20.1. The summed E-state index contributed by atoms with van der Waals surface area (Å²) in [4.78, 5) is 15.0. The van der Waals surface area contributed by atoms with Crippen molar-refractivity contribution < 1.29 is 4.79 Å². The minimum absolute atomic E-state index is 0.0564. The summed E-state index contributed by atoms with van der Waals surface area (Å²) in [6, 6.07) is 22.2. The van der Waals surface area contributed by atoms with Crippen LogP contribution < -0.4 is 10.2 Å². The molecular formula is C25H28N4O. The molecule has 30 heavy (non-hydrogen) atoms. The van der Waals surface area contributed by atoms with E-state index in [9.17, 15) is 4.79 Å². The Bertz CT molecular complexity index is 968. The van der Waals surface area contributed by atoms with Crippen molar-refractivity contribution in [1.82, 2.24) is 10.2 Å². The van der Waals surface area contributed by atoms with Gasteiger partial charge < -0.3 is 10.2 Å². The minimum atomic E-state index is -0.0564. The largest absolute Gasteiger partial charge is 0.354 e. The molecule has 1 N–H and O–H groups in total. The van der Waals surface area contributed by atoms with Gasteiger partial charge in [-0.1, -0.05) is 56.3 Å². The van der Waals surface area contributed by atoms with E-state index in [4.69, 9.17) is 0 Å². The highest BCUT2D eigenvalue weighted by molar-refractivity contribution is 5.93. The second-order valence-corrected chi connectivity index (χ2v) is 8.19. The molecule has 5 nitrogen and oxygen atoms in total. The molecule has 0 spiro atoms. The number of benzene rings is 2. The van der Waals surface area contributed by atoms with Crippen LogP contribution in [0.4, 0.5) is 11.5 Å². The van der Waals surface area contributed by atoms with Crippen LogP contribution in [-0.4, -0.2) is 29.2 Å². The van der Waals surface area contributed by atoms with E-state index in [0.29, 0.717) is 12.5 Å². The number of aromatic nitrogens is 2. The summed E-state index contributed by atoms with van der Waals surface area (Å²) in [5.41, 5.74) is 4.04. The Kier molecular flexibility index (Phi) is 6.07. The molecule has 154 valence electrons. The summed E-state index contributed by atoms with van der Waals surface area (Å²) in [7, 11) is 0. The van der Waals surface area contributed by atoms with Gasteiger partial charge in [0.15, 0.2) is 5.82 Å². The predicted molar refractivity (Wildman–Crippen MR) is 122 cm³/mol. The van der Waals surface area contributed by atoms with E-state index < -0.39 is 0 Å². The van der Waals surface area contributed by atoms with Gasteiger partial charge in [0.05, 0.1) is 11.6 Å². The molecule has 1 saturated heterocycles. The Morgan fingerprint density at radius 2 is 1.77 bits per heavy atom. The van der Waals surface area contributed by atoms with Gasteiger partial charge in [0.1, 0.15) is 0 Å². The summed E-state index contributed by atoms with van der Waals surface area (Å²) in [5.74, 6) is 1.33. The van der Waals surface area contributed by atoms with E-state index in [1.807, 2.05) is 54.6 Å². The van der Waals surface area contributed by atoms with Crippen LogP contribution in [0.1, 0.15) is 38.2 Å².